The number of benzene rings is 3. The van der Waals surface area contributed by atoms with Gasteiger partial charge in [0.2, 0.25) is 0 Å². The van der Waals surface area contributed by atoms with Gasteiger partial charge < -0.3 is 4.74 Å². The Labute approximate surface area is 169 Å². The molecular formula is C24H19ClN2O. The van der Waals surface area contributed by atoms with E-state index < -0.39 is 12.1 Å². The molecule has 4 rings (SSSR count). The van der Waals surface area contributed by atoms with E-state index in [1.165, 1.54) is 0 Å². The van der Waals surface area contributed by atoms with E-state index in [4.69, 9.17) is 16.3 Å². The van der Waals surface area contributed by atoms with Gasteiger partial charge in [0.25, 0.3) is 0 Å². The first-order chi connectivity index (χ1) is 13.8. The van der Waals surface area contributed by atoms with Crippen LogP contribution in [-0.4, -0.2) is 12.4 Å². The number of aliphatic imine (C=N–C) groups is 1. The maximum absolute atomic E-state index is 9.95. The molecule has 4 atom stereocenters. The molecule has 138 valence electrons. The molecule has 3 nitrogen and oxygen atoms in total. The Kier molecular flexibility index (Phi) is 5.53. The third-order valence-corrected chi connectivity index (χ3v) is 5.38. The van der Waals surface area contributed by atoms with E-state index in [9.17, 15) is 5.26 Å². The molecule has 1 aliphatic heterocycles. The molecule has 1 heterocycles. The Morgan fingerprint density at radius 3 is 2.11 bits per heavy atom. The number of halogens is 1. The van der Waals surface area contributed by atoms with Crippen molar-refractivity contribution in [1.82, 2.24) is 0 Å². The predicted molar refractivity (Wildman–Crippen MR) is 111 cm³/mol. The van der Waals surface area contributed by atoms with Crippen molar-refractivity contribution in [3.63, 3.8) is 0 Å². The van der Waals surface area contributed by atoms with Crippen molar-refractivity contribution in [3.8, 4) is 6.07 Å². The summed E-state index contributed by atoms with van der Waals surface area (Å²) in [6, 6.07) is 30.0. The van der Waals surface area contributed by atoms with Crippen molar-refractivity contribution in [2.45, 2.75) is 18.2 Å². The van der Waals surface area contributed by atoms with Gasteiger partial charge in [0.1, 0.15) is 5.92 Å². The first kappa shape index (κ1) is 18.4. The summed E-state index contributed by atoms with van der Waals surface area (Å²) in [6.07, 6.45) is 0.908. The molecule has 0 amide bonds. The standard InChI is InChI=1S/C24H19ClN2O/c25-21-14-8-7-13-19(21)16-27-24-20(15-26)22(17-9-3-1-4-10-17)23(28-24)18-11-5-2-6-12-18/h1-14,16,20,22-24H/b27-16+. The summed E-state index contributed by atoms with van der Waals surface area (Å²) < 4.78 is 6.32. The molecule has 3 aromatic carbocycles. The molecule has 4 heteroatoms. The summed E-state index contributed by atoms with van der Waals surface area (Å²) in [4.78, 5) is 4.60. The van der Waals surface area contributed by atoms with Gasteiger partial charge in [-0.1, -0.05) is 90.5 Å². The fourth-order valence-electron chi connectivity index (χ4n) is 3.68. The molecular weight excluding hydrogens is 368 g/mol. The molecule has 0 spiro atoms. The molecule has 1 saturated heterocycles. The molecule has 1 aliphatic rings. The third kappa shape index (κ3) is 3.71. The van der Waals surface area contributed by atoms with Crippen LogP contribution < -0.4 is 0 Å². The monoisotopic (exact) mass is 386 g/mol. The van der Waals surface area contributed by atoms with E-state index in [1.54, 1.807) is 6.21 Å². The highest BCUT2D eigenvalue weighted by atomic mass is 35.5. The fraction of sp³-hybridized carbons (Fsp3) is 0.167. The highest BCUT2D eigenvalue weighted by Crippen LogP contribution is 2.48. The minimum absolute atomic E-state index is 0.0954. The van der Waals surface area contributed by atoms with Crippen molar-refractivity contribution in [1.29, 1.82) is 5.26 Å². The van der Waals surface area contributed by atoms with Crippen molar-refractivity contribution < 1.29 is 4.74 Å². The second-order valence-electron chi connectivity index (χ2n) is 6.75. The lowest BCUT2D eigenvalue weighted by molar-refractivity contribution is 0.0417. The average Bonchev–Trinajstić information content (AvgIpc) is 3.13. The first-order valence-electron chi connectivity index (χ1n) is 9.20. The average molecular weight is 387 g/mol. The fourth-order valence-corrected chi connectivity index (χ4v) is 3.86. The van der Waals surface area contributed by atoms with Crippen LogP contribution in [0.5, 0.6) is 0 Å². The lowest BCUT2D eigenvalue weighted by Gasteiger charge is -2.20. The number of nitrogens with zero attached hydrogens (tertiary/aromatic N) is 2. The van der Waals surface area contributed by atoms with Crippen LogP contribution in [0.3, 0.4) is 0 Å². The Morgan fingerprint density at radius 1 is 0.857 bits per heavy atom. The van der Waals surface area contributed by atoms with Gasteiger partial charge in [-0.05, 0) is 17.2 Å². The number of ether oxygens (including phenoxy) is 1. The molecule has 3 aromatic rings. The van der Waals surface area contributed by atoms with Crippen LogP contribution >= 0.6 is 11.6 Å². The van der Waals surface area contributed by atoms with E-state index in [1.807, 2.05) is 72.8 Å². The van der Waals surface area contributed by atoms with Crippen molar-refractivity contribution >= 4 is 17.8 Å². The Bertz CT molecular complexity index is 998. The second-order valence-corrected chi connectivity index (χ2v) is 7.16. The Balaban J connectivity index is 1.71. The van der Waals surface area contributed by atoms with Gasteiger partial charge in [0, 0.05) is 22.7 Å². The van der Waals surface area contributed by atoms with Gasteiger partial charge in [0.15, 0.2) is 6.23 Å². The van der Waals surface area contributed by atoms with Crippen LogP contribution in [0.15, 0.2) is 89.9 Å². The summed E-state index contributed by atoms with van der Waals surface area (Å²) in [7, 11) is 0. The van der Waals surface area contributed by atoms with Crippen LogP contribution in [0.25, 0.3) is 0 Å². The zero-order valence-corrected chi connectivity index (χ0v) is 15.9. The molecule has 4 unspecified atom stereocenters. The number of rotatable bonds is 4. The zero-order valence-electron chi connectivity index (χ0n) is 15.2. The topological polar surface area (TPSA) is 45.4 Å². The van der Waals surface area contributed by atoms with E-state index >= 15 is 0 Å². The Hall–Kier alpha value is -2.93. The van der Waals surface area contributed by atoms with Crippen molar-refractivity contribution in [3.05, 3.63) is 107 Å². The lowest BCUT2D eigenvalue weighted by atomic mass is 9.82. The van der Waals surface area contributed by atoms with Gasteiger partial charge >= 0.3 is 0 Å². The van der Waals surface area contributed by atoms with Gasteiger partial charge in [-0.3, -0.25) is 4.99 Å². The molecule has 0 radical (unpaired) electrons. The molecule has 0 bridgehead atoms. The highest BCUT2D eigenvalue weighted by Gasteiger charge is 2.46. The number of hydrogen-bond acceptors (Lipinski definition) is 3. The largest absolute Gasteiger partial charge is 0.347 e. The predicted octanol–water partition coefficient (Wildman–Crippen LogP) is 5.78. The summed E-state index contributed by atoms with van der Waals surface area (Å²) in [6.45, 7) is 0. The quantitative estimate of drug-likeness (QED) is 0.533. The van der Waals surface area contributed by atoms with Gasteiger partial charge in [-0.2, -0.15) is 5.26 Å². The molecule has 0 aliphatic carbocycles. The third-order valence-electron chi connectivity index (χ3n) is 5.03. The molecule has 0 saturated carbocycles. The van der Waals surface area contributed by atoms with Crippen molar-refractivity contribution in [2.75, 3.05) is 0 Å². The van der Waals surface area contributed by atoms with E-state index in [0.717, 1.165) is 16.7 Å². The van der Waals surface area contributed by atoms with Gasteiger partial charge in [0.05, 0.1) is 12.2 Å². The van der Waals surface area contributed by atoms with Crippen LogP contribution in [0.4, 0.5) is 0 Å². The lowest BCUT2D eigenvalue weighted by Crippen LogP contribution is -2.16. The maximum atomic E-state index is 9.95. The van der Waals surface area contributed by atoms with Crippen LogP contribution in [0, 0.1) is 17.2 Å². The molecule has 1 fully saturated rings. The Morgan fingerprint density at radius 2 is 1.46 bits per heavy atom. The van der Waals surface area contributed by atoms with E-state index in [0.29, 0.717) is 5.02 Å². The van der Waals surface area contributed by atoms with E-state index in [2.05, 4.69) is 23.2 Å². The normalized spacial score (nSPS) is 24.3. The molecule has 0 N–H and O–H groups in total. The number of hydrogen-bond donors (Lipinski definition) is 0. The van der Waals surface area contributed by atoms with Crippen LogP contribution in [0.2, 0.25) is 5.02 Å². The summed E-state index contributed by atoms with van der Waals surface area (Å²) in [5.74, 6) is -0.492. The molecule has 28 heavy (non-hydrogen) atoms. The van der Waals surface area contributed by atoms with Crippen LogP contribution in [0.1, 0.15) is 28.7 Å². The zero-order chi connectivity index (χ0) is 19.3. The highest BCUT2D eigenvalue weighted by molar-refractivity contribution is 6.33. The number of nitriles is 1. The van der Waals surface area contributed by atoms with Crippen molar-refractivity contribution in [2.24, 2.45) is 10.9 Å². The second kappa shape index (κ2) is 8.39. The minimum atomic E-state index is -0.559. The smallest absolute Gasteiger partial charge is 0.165 e. The van der Waals surface area contributed by atoms with Crippen LogP contribution in [-0.2, 0) is 4.74 Å². The SMILES string of the molecule is N#CC1C(/N=C/c2ccccc2Cl)OC(c2ccccc2)C1c1ccccc1. The summed E-state index contributed by atoms with van der Waals surface area (Å²) in [5.41, 5.74) is 2.94. The minimum Gasteiger partial charge on any atom is -0.347 e. The van der Waals surface area contributed by atoms with E-state index in [-0.39, 0.29) is 12.0 Å². The van der Waals surface area contributed by atoms with Gasteiger partial charge in [-0.15, -0.1) is 0 Å². The first-order valence-corrected chi connectivity index (χ1v) is 9.58. The summed E-state index contributed by atoms with van der Waals surface area (Å²) in [5, 5.41) is 10.6. The van der Waals surface area contributed by atoms with Gasteiger partial charge in [-0.25, -0.2) is 0 Å². The molecule has 0 aromatic heterocycles. The summed E-state index contributed by atoms with van der Waals surface area (Å²) >= 11 is 6.23. The maximum Gasteiger partial charge on any atom is 0.165 e.